The Hall–Kier alpha value is -2.63. The first-order valence-electron chi connectivity index (χ1n) is 9.19. The van der Waals surface area contributed by atoms with Crippen molar-refractivity contribution in [2.75, 3.05) is 6.61 Å². The van der Waals surface area contributed by atoms with Gasteiger partial charge in [0, 0.05) is 10.6 Å². The molecule has 0 saturated carbocycles. The highest BCUT2D eigenvalue weighted by Crippen LogP contribution is 2.39. The van der Waals surface area contributed by atoms with Gasteiger partial charge in [0.1, 0.15) is 5.82 Å². The van der Waals surface area contributed by atoms with Crippen LogP contribution in [0, 0.1) is 5.82 Å². The van der Waals surface area contributed by atoms with Gasteiger partial charge in [-0.2, -0.15) is 5.10 Å². The van der Waals surface area contributed by atoms with Gasteiger partial charge >= 0.3 is 5.97 Å². The fraction of sp³-hybridized carbons (Fsp3) is 0.182. The number of nitrogens with zero attached hydrogens (tertiary/aromatic N) is 2. The molecule has 0 atom stereocenters. The van der Waals surface area contributed by atoms with Gasteiger partial charge in [-0.15, -0.1) is 0 Å². The van der Waals surface area contributed by atoms with Gasteiger partial charge in [0.2, 0.25) is 0 Å². The number of hydrogen-bond acceptors (Lipinski definition) is 3. The molecule has 7 heteroatoms. The molecule has 0 N–H and O–H groups in total. The van der Waals surface area contributed by atoms with Crippen molar-refractivity contribution in [3.63, 3.8) is 0 Å². The standard InChI is InChI=1S/C22H17Cl2FN2O2/c1-2-29-22(28)20-17-9-5-14(11-13-3-7-16(25)8-4-13)21(17)27(26-20)19-10-6-15(23)12-18(19)24/h3-4,6-8,10-12H,2,5,9H2,1H3/b14-11+. The van der Waals surface area contributed by atoms with E-state index in [1.807, 2.05) is 6.08 Å². The first-order valence-corrected chi connectivity index (χ1v) is 9.94. The maximum atomic E-state index is 13.3. The Kier molecular flexibility index (Phi) is 5.43. The summed E-state index contributed by atoms with van der Waals surface area (Å²) in [5.74, 6) is -0.752. The summed E-state index contributed by atoms with van der Waals surface area (Å²) in [4.78, 5) is 12.5. The second-order valence-electron chi connectivity index (χ2n) is 6.62. The minimum Gasteiger partial charge on any atom is -0.461 e. The Bertz CT molecular complexity index is 1120. The second-order valence-corrected chi connectivity index (χ2v) is 7.47. The summed E-state index contributed by atoms with van der Waals surface area (Å²) in [5, 5.41) is 5.46. The topological polar surface area (TPSA) is 44.1 Å². The number of benzene rings is 2. The molecule has 4 rings (SSSR count). The number of hydrogen-bond donors (Lipinski definition) is 0. The zero-order chi connectivity index (χ0) is 20.5. The van der Waals surface area contributed by atoms with Gasteiger partial charge in [-0.3, -0.25) is 0 Å². The largest absolute Gasteiger partial charge is 0.461 e. The molecule has 0 fully saturated rings. The molecule has 3 aromatic rings. The van der Waals surface area contributed by atoms with Crippen LogP contribution in [-0.2, 0) is 11.2 Å². The predicted molar refractivity (Wildman–Crippen MR) is 112 cm³/mol. The number of ether oxygens (including phenoxy) is 1. The maximum absolute atomic E-state index is 13.3. The van der Waals surface area contributed by atoms with Crippen LogP contribution in [0.5, 0.6) is 0 Å². The van der Waals surface area contributed by atoms with E-state index in [0.29, 0.717) is 22.2 Å². The smallest absolute Gasteiger partial charge is 0.359 e. The molecule has 4 nitrogen and oxygen atoms in total. The van der Waals surface area contributed by atoms with Crippen LogP contribution in [-0.4, -0.2) is 22.4 Å². The highest BCUT2D eigenvalue weighted by molar-refractivity contribution is 6.35. The van der Waals surface area contributed by atoms with E-state index in [4.69, 9.17) is 27.9 Å². The van der Waals surface area contributed by atoms with E-state index in [-0.39, 0.29) is 18.1 Å². The molecule has 0 aliphatic heterocycles. The third-order valence-electron chi connectivity index (χ3n) is 4.75. The highest BCUT2D eigenvalue weighted by atomic mass is 35.5. The average Bonchev–Trinajstić information content (AvgIpc) is 3.25. The molecule has 1 aromatic heterocycles. The fourth-order valence-electron chi connectivity index (χ4n) is 3.49. The Balaban J connectivity index is 1.89. The summed E-state index contributed by atoms with van der Waals surface area (Å²) >= 11 is 12.5. The normalized spacial score (nSPS) is 14.3. The summed E-state index contributed by atoms with van der Waals surface area (Å²) in [7, 11) is 0. The highest BCUT2D eigenvalue weighted by Gasteiger charge is 2.31. The Labute approximate surface area is 177 Å². The predicted octanol–water partition coefficient (Wildman–Crippen LogP) is 5.98. The summed E-state index contributed by atoms with van der Waals surface area (Å²) in [6.07, 6.45) is 3.35. The van der Waals surface area contributed by atoms with Gasteiger partial charge in [0.25, 0.3) is 0 Å². The Morgan fingerprint density at radius 3 is 2.66 bits per heavy atom. The van der Waals surface area contributed by atoms with Crippen molar-refractivity contribution < 1.29 is 13.9 Å². The summed E-state index contributed by atoms with van der Waals surface area (Å²) in [6, 6.07) is 11.4. The van der Waals surface area contributed by atoms with E-state index in [2.05, 4.69) is 5.10 Å². The van der Waals surface area contributed by atoms with Crippen LogP contribution in [0.2, 0.25) is 10.0 Å². The molecule has 0 bridgehead atoms. The van der Waals surface area contributed by atoms with Crippen molar-refractivity contribution in [1.29, 1.82) is 0 Å². The van der Waals surface area contributed by atoms with E-state index >= 15 is 0 Å². The molecule has 29 heavy (non-hydrogen) atoms. The van der Waals surface area contributed by atoms with E-state index in [9.17, 15) is 9.18 Å². The first kappa shape index (κ1) is 19.7. The van der Waals surface area contributed by atoms with Gasteiger partial charge in [-0.25, -0.2) is 13.9 Å². The van der Waals surface area contributed by atoms with Crippen LogP contribution in [0.1, 0.15) is 40.7 Å². The van der Waals surface area contributed by atoms with Crippen molar-refractivity contribution in [2.45, 2.75) is 19.8 Å². The number of aromatic nitrogens is 2. The summed E-state index contributed by atoms with van der Waals surface area (Å²) in [6.45, 7) is 2.02. The average molecular weight is 431 g/mol. The lowest BCUT2D eigenvalue weighted by atomic mass is 10.1. The lowest BCUT2D eigenvalue weighted by Gasteiger charge is -2.10. The lowest BCUT2D eigenvalue weighted by molar-refractivity contribution is 0.0517. The lowest BCUT2D eigenvalue weighted by Crippen LogP contribution is -2.09. The molecule has 0 spiro atoms. The molecule has 1 heterocycles. The molecule has 148 valence electrons. The second kappa shape index (κ2) is 8.01. The SMILES string of the molecule is CCOC(=O)c1nn(-c2ccc(Cl)cc2Cl)c2c1CC/C2=C\c1ccc(F)cc1. The maximum Gasteiger partial charge on any atom is 0.359 e. The quantitative estimate of drug-likeness (QED) is 0.478. The number of halogens is 3. The molecular weight excluding hydrogens is 414 g/mol. The molecule has 2 aromatic carbocycles. The number of allylic oxidation sites excluding steroid dienone is 1. The van der Waals surface area contributed by atoms with Gasteiger partial charge in [-0.1, -0.05) is 35.3 Å². The Morgan fingerprint density at radius 2 is 1.97 bits per heavy atom. The minimum absolute atomic E-state index is 0.264. The number of rotatable bonds is 4. The van der Waals surface area contributed by atoms with Crippen molar-refractivity contribution >= 4 is 40.8 Å². The van der Waals surface area contributed by atoms with Gasteiger partial charge in [-0.05, 0) is 67.3 Å². The molecule has 0 unspecified atom stereocenters. The minimum atomic E-state index is -0.462. The molecular formula is C22H17Cl2FN2O2. The van der Waals surface area contributed by atoms with E-state index < -0.39 is 5.97 Å². The van der Waals surface area contributed by atoms with E-state index in [0.717, 1.165) is 28.8 Å². The summed E-state index contributed by atoms with van der Waals surface area (Å²) < 4.78 is 20.1. The van der Waals surface area contributed by atoms with Gasteiger partial charge in [0.15, 0.2) is 5.69 Å². The van der Waals surface area contributed by atoms with Crippen LogP contribution in [0.25, 0.3) is 17.3 Å². The number of esters is 1. The Morgan fingerprint density at radius 1 is 1.21 bits per heavy atom. The van der Waals surface area contributed by atoms with Crippen LogP contribution < -0.4 is 0 Å². The van der Waals surface area contributed by atoms with Crippen molar-refractivity contribution in [1.82, 2.24) is 9.78 Å². The van der Waals surface area contributed by atoms with E-state index in [1.165, 1.54) is 12.1 Å². The number of carbonyl (C=O) groups is 1. The number of carbonyl (C=O) groups excluding carboxylic acids is 1. The first-order chi connectivity index (χ1) is 14.0. The van der Waals surface area contributed by atoms with Crippen molar-refractivity contribution in [3.05, 3.63) is 80.8 Å². The number of fused-ring (bicyclic) bond motifs is 1. The molecule has 1 aliphatic rings. The van der Waals surface area contributed by atoms with Crippen molar-refractivity contribution in [3.8, 4) is 5.69 Å². The summed E-state index contributed by atoms with van der Waals surface area (Å²) in [5.41, 5.74) is 4.39. The van der Waals surface area contributed by atoms with Crippen LogP contribution in [0.4, 0.5) is 4.39 Å². The molecule has 0 saturated heterocycles. The van der Waals surface area contributed by atoms with E-state index in [1.54, 1.807) is 41.9 Å². The molecule has 1 aliphatic carbocycles. The fourth-order valence-corrected chi connectivity index (χ4v) is 3.98. The zero-order valence-electron chi connectivity index (χ0n) is 15.6. The molecule has 0 amide bonds. The monoisotopic (exact) mass is 430 g/mol. The van der Waals surface area contributed by atoms with Crippen LogP contribution in [0.15, 0.2) is 42.5 Å². The third-order valence-corrected chi connectivity index (χ3v) is 5.29. The molecule has 0 radical (unpaired) electrons. The van der Waals surface area contributed by atoms with Crippen LogP contribution in [0.3, 0.4) is 0 Å². The third kappa shape index (κ3) is 3.80. The van der Waals surface area contributed by atoms with Gasteiger partial charge in [0.05, 0.1) is 23.0 Å². The van der Waals surface area contributed by atoms with Crippen molar-refractivity contribution in [2.24, 2.45) is 0 Å². The van der Waals surface area contributed by atoms with Crippen LogP contribution >= 0.6 is 23.2 Å². The zero-order valence-corrected chi connectivity index (χ0v) is 17.1. The van der Waals surface area contributed by atoms with Gasteiger partial charge < -0.3 is 4.74 Å².